The molecule has 0 atom stereocenters. The second-order valence-electron chi connectivity index (χ2n) is 14.9. The van der Waals surface area contributed by atoms with E-state index in [9.17, 15) is 51.1 Å². The van der Waals surface area contributed by atoms with Crippen molar-refractivity contribution in [3.8, 4) is 68.6 Å². The second-order valence-corrected chi connectivity index (χ2v) is 16.0. The molecule has 0 radical (unpaired) electrons. The molecule has 1 heterocycles. The highest BCUT2D eigenvalue weighted by Gasteiger charge is 2.33. The molecule has 0 spiro atoms. The third-order valence-electron chi connectivity index (χ3n) is 11.3. The molecule has 1 aromatic heterocycles. The van der Waals surface area contributed by atoms with Crippen LogP contribution in [0, 0.1) is 0 Å². The highest BCUT2D eigenvalue weighted by molar-refractivity contribution is 7.25. The lowest BCUT2D eigenvalue weighted by atomic mass is 9.99. The summed E-state index contributed by atoms with van der Waals surface area (Å²) in [4.78, 5) is 2.76. The molecule has 0 fully saturated rings. The van der Waals surface area contributed by atoms with Crippen LogP contribution in [0.1, 0.15) is 0 Å². The molecular weight excluding hydrogens is 821 g/mol. The number of rotatable bonds is 7. The predicted octanol–water partition coefficient (Wildman–Crippen LogP) is 12.0. The number of hydrogen-bond donors (Lipinski definition) is 10. The molecule has 0 aliphatic rings. The van der Waals surface area contributed by atoms with E-state index in [0.29, 0.717) is 33.3 Å². The topological polar surface area (TPSA) is 209 Å². The first-order valence-electron chi connectivity index (χ1n) is 19.4. The number of hydrogen-bond acceptors (Lipinski definition) is 13. The van der Waals surface area contributed by atoms with Gasteiger partial charge in [-0.3, -0.25) is 0 Å². The molecule has 13 heteroatoms. The first-order valence-corrected chi connectivity index (χ1v) is 20.2. The summed E-state index contributed by atoms with van der Waals surface area (Å²) in [6.45, 7) is 0. The smallest absolute Gasteiger partial charge is 0.208 e. The Kier molecular flexibility index (Phi) is 8.87. The van der Waals surface area contributed by atoms with Crippen LogP contribution in [0.5, 0.6) is 57.5 Å². The summed E-state index contributed by atoms with van der Waals surface area (Å²) < 4.78 is 2.02. The Hall–Kier alpha value is -8.68. The molecule has 0 aliphatic carbocycles. The van der Waals surface area contributed by atoms with Gasteiger partial charge in [-0.15, -0.1) is 11.3 Å². The Morgan fingerprint density at radius 1 is 0.302 bits per heavy atom. The van der Waals surface area contributed by atoms with E-state index in [1.165, 1.54) is 9.80 Å². The van der Waals surface area contributed by atoms with Crippen molar-refractivity contribution in [1.29, 1.82) is 0 Å². The van der Waals surface area contributed by atoms with Crippen molar-refractivity contribution in [3.63, 3.8) is 0 Å². The van der Waals surface area contributed by atoms with E-state index in [-0.39, 0.29) is 11.4 Å². The molecule has 310 valence electrons. The van der Waals surface area contributed by atoms with Crippen LogP contribution in [-0.4, -0.2) is 51.1 Å². The van der Waals surface area contributed by atoms with Gasteiger partial charge < -0.3 is 60.9 Å². The molecule has 12 nitrogen and oxygen atoms in total. The molecule has 10 aromatic rings. The fourth-order valence-corrected chi connectivity index (χ4v) is 9.42. The van der Waals surface area contributed by atoms with Gasteiger partial charge in [0.15, 0.2) is 23.0 Å². The molecular formula is C50H34N2O10S. The first-order chi connectivity index (χ1) is 30.4. The van der Waals surface area contributed by atoms with Crippen molar-refractivity contribution in [2.24, 2.45) is 0 Å². The molecule has 63 heavy (non-hydrogen) atoms. The van der Waals surface area contributed by atoms with Gasteiger partial charge in [-0.1, -0.05) is 103 Å². The van der Waals surface area contributed by atoms with Gasteiger partial charge in [-0.25, -0.2) is 0 Å². The van der Waals surface area contributed by atoms with E-state index >= 15 is 0 Å². The van der Waals surface area contributed by atoms with E-state index in [2.05, 4.69) is 0 Å². The molecule has 0 amide bonds. The van der Waals surface area contributed by atoms with Gasteiger partial charge in [-0.05, 0) is 64.4 Å². The number of anilines is 6. The fourth-order valence-electron chi connectivity index (χ4n) is 8.28. The molecule has 10 N–H and O–H groups in total. The number of phenolic OH excluding ortho intramolecular Hbond substituents is 10. The minimum absolute atomic E-state index is 0.154. The summed E-state index contributed by atoms with van der Waals surface area (Å²) in [5.74, 6) is -10.7. The van der Waals surface area contributed by atoms with Crippen molar-refractivity contribution >= 4 is 87.2 Å². The lowest BCUT2D eigenvalue weighted by Gasteiger charge is -2.32. The Labute approximate surface area is 361 Å². The summed E-state index contributed by atoms with van der Waals surface area (Å²) in [5, 5.41) is 116. The van der Waals surface area contributed by atoms with E-state index < -0.39 is 68.9 Å². The van der Waals surface area contributed by atoms with E-state index in [1.54, 1.807) is 78.1 Å². The molecule has 10 rings (SSSR count). The maximum atomic E-state index is 11.7. The maximum Gasteiger partial charge on any atom is 0.208 e. The fraction of sp³-hybridized carbons (Fsp3) is 0. The molecule has 0 aliphatic heterocycles. The van der Waals surface area contributed by atoms with Crippen molar-refractivity contribution in [2.75, 3.05) is 9.80 Å². The van der Waals surface area contributed by atoms with Crippen LogP contribution >= 0.6 is 11.3 Å². The predicted molar refractivity (Wildman–Crippen MR) is 246 cm³/mol. The third kappa shape index (κ3) is 5.97. The number of fused-ring (bicyclic) bond motifs is 5. The minimum Gasteiger partial charge on any atom is -0.503 e. The van der Waals surface area contributed by atoms with Crippen LogP contribution in [0.25, 0.3) is 52.8 Å². The van der Waals surface area contributed by atoms with Gasteiger partial charge in [-0.2, -0.15) is 0 Å². The SMILES string of the molecule is Oc1c(O)c(O)c(N(c2cc(-c3ccc4c(c3)sc3ccccc34)cc(N(c3c(O)c(O)c(O)c(O)c3O)c3cccc4ccccc34)c2)c2cccc3ccccc23)c(O)c1O. The Bertz CT molecular complexity index is 3270. The monoisotopic (exact) mass is 854 g/mol. The summed E-state index contributed by atoms with van der Waals surface area (Å²) in [5.41, 5.74) is 1.08. The summed E-state index contributed by atoms with van der Waals surface area (Å²) in [6.07, 6.45) is 0. The maximum absolute atomic E-state index is 11.7. The highest BCUT2D eigenvalue weighted by atomic mass is 32.1. The van der Waals surface area contributed by atoms with E-state index in [1.807, 2.05) is 78.9 Å². The van der Waals surface area contributed by atoms with Crippen molar-refractivity contribution < 1.29 is 51.1 Å². The summed E-state index contributed by atoms with van der Waals surface area (Å²) in [7, 11) is 0. The second kappa shape index (κ2) is 14.5. The van der Waals surface area contributed by atoms with Crippen LogP contribution in [-0.2, 0) is 0 Å². The first kappa shape index (κ1) is 38.5. The Morgan fingerprint density at radius 3 is 1.19 bits per heavy atom. The average Bonchev–Trinajstić information content (AvgIpc) is 3.69. The Morgan fingerprint density at radius 2 is 0.698 bits per heavy atom. The zero-order valence-corrected chi connectivity index (χ0v) is 33.4. The molecule has 9 aromatic carbocycles. The van der Waals surface area contributed by atoms with Gasteiger partial charge in [0, 0.05) is 42.3 Å². The quantitative estimate of drug-likeness (QED) is 0.0536. The third-order valence-corrected chi connectivity index (χ3v) is 12.4. The van der Waals surface area contributed by atoms with Gasteiger partial charge in [0.25, 0.3) is 0 Å². The zero-order chi connectivity index (χ0) is 43.8. The van der Waals surface area contributed by atoms with Crippen LogP contribution in [0.4, 0.5) is 34.1 Å². The van der Waals surface area contributed by atoms with Gasteiger partial charge in [0.05, 0.1) is 11.4 Å². The average molecular weight is 855 g/mol. The molecule has 0 bridgehead atoms. The van der Waals surface area contributed by atoms with Gasteiger partial charge in [0.2, 0.25) is 34.5 Å². The number of benzene rings is 9. The van der Waals surface area contributed by atoms with Crippen LogP contribution < -0.4 is 9.80 Å². The van der Waals surface area contributed by atoms with Crippen molar-refractivity contribution in [2.45, 2.75) is 0 Å². The molecule has 0 saturated heterocycles. The molecule has 0 saturated carbocycles. The van der Waals surface area contributed by atoms with Crippen LogP contribution in [0.2, 0.25) is 0 Å². The van der Waals surface area contributed by atoms with E-state index in [0.717, 1.165) is 30.9 Å². The van der Waals surface area contributed by atoms with Crippen LogP contribution in [0.15, 0.2) is 146 Å². The van der Waals surface area contributed by atoms with Crippen molar-refractivity contribution in [3.05, 3.63) is 146 Å². The lowest BCUT2D eigenvalue weighted by Crippen LogP contribution is -2.15. The van der Waals surface area contributed by atoms with Gasteiger partial charge >= 0.3 is 0 Å². The molecule has 0 unspecified atom stereocenters. The normalized spacial score (nSPS) is 11.5. The van der Waals surface area contributed by atoms with E-state index in [4.69, 9.17) is 0 Å². The number of phenols is 10. The number of nitrogens with zero attached hydrogens (tertiary/aromatic N) is 2. The zero-order valence-electron chi connectivity index (χ0n) is 32.6. The summed E-state index contributed by atoms with van der Waals surface area (Å²) in [6, 6.07) is 44.0. The number of thiophene rings is 1. The van der Waals surface area contributed by atoms with Crippen LogP contribution in [0.3, 0.4) is 0 Å². The summed E-state index contributed by atoms with van der Waals surface area (Å²) >= 11 is 1.59. The largest absolute Gasteiger partial charge is 0.503 e. The Balaban J connectivity index is 1.36. The standard InChI is InChI=1S/C50H34N2O10S/c53-41-39(42(54)46(58)49(61)45(41)57)51(35-16-7-11-25-9-1-3-13-31(25)35)29-21-28(27-19-20-34-33-15-5-6-18-37(33)63-38(34)23-27)22-30(24-29)52(36-17-8-12-26-10-2-4-14-32(26)36)40-43(55)47(59)50(62)48(60)44(40)56/h1-24,53-62H. The minimum atomic E-state index is -1.15. The van der Waals surface area contributed by atoms with Gasteiger partial charge in [0.1, 0.15) is 11.4 Å². The van der Waals surface area contributed by atoms with Crippen molar-refractivity contribution in [1.82, 2.24) is 0 Å². The highest BCUT2D eigenvalue weighted by Crippen LogP contribution is 2.61. The lowest BCUT2D eigenvalue weighted by molar-refractivity contribution is 0.329. The number of aromatic hydroxyl groups is 10.